The molecule has 0 spiro atoms. The fraction of sp³-hybridized carbons (Fsp3) is 0.0303. The van der Waals surface area contributed by atoms with Gasteiger partial charge in [0.25, 0.3) is 0 Å². The topological polar surface area (TPSA) is 95.2 Å². The molecule has 0 aliphatic carbocycles. The Hall–Kier alpha value is -5.56. The van der Waals surface area contributed by atoms with Gasteiger partial charge in [0.1, 0.15) is 5.69 Å². The van der Waals surface area contributed by atoms with Gasteiger partial charge in [-0.2, -0.15) is 5.10 Å². The highest BCUT2D eigenvalue weighted by atomic mass is 15.1. The van der Waals surface area contributed by atoms with E-state index in [-0.39, 0.29) is 0 Å². The molecule has 7 heteroatoms. The molecule has 7 rings (SSSR count). The van der Waals surface area contributed by atoms with E-state index in [9.17, 15) is 0 Å². The van der Waals surface area contributed by atoms with Crippen molar-refractivity contribution in [3.8, 4) is 33.6 Å². The number of hydrogen-bond donors (Lipinski definition) is 3. The average molecular weight is 520 g/mol. The van der Waals surface area contributed by atoms with Crippen LogP contribution in [0.5, 0.6) is 0 Å². The van der Waals surface area contributed by atoms with E-state index < -0.39 is 0 Å². The van der Waals surface area contributed by atoms with Crippen LogP contribution >= 0.6 is 0 Å². The lowest BCUT2D eigenvalue weighted by Crippen LogP contribution is -2.02. The van der Waals surface area contributed by atoms with Crippen LogP contribution in [0.2, 0.25) is 0 Å². The average Bonchev–Trinajstić information content (AvgIpc) is 3.62. The monoisotopic (exact) mass is 519 g/mol. The van der Waals surface area contributed by atoms with E-state index in [2.05, 4.69) is 84.5 Å². The van der Waals surface area contributed by atoms with Crippen molar-refractivity contribution in [3.63, 3.8) is 0 Å². The fourth-order valence-corrected chi connectivity index (χ4v) is 5.10. The summed E-state index contributed by atoms with van der Waals surface area (Å²) >= 11 is 0. The van der Waals surface area contributed by atoms with E-state index in [0.29, 0.717) is 0 Å². The molecule has 7 aromatic rings. The number of aromatic nitrogens is 6. The zero-order valence-electron chi connectivity index (χ0n) is 21.6. The molecule has 0 saturated heterocycles. The third-order valence-corrected chi connectivity index (χ3v) is 7.01. The first-order valence-corrected chi connectivity index (χ1v) is 13.0. The number of anilines is 1. The second kappa shape index (κ2) is 9.96. The predicted molar refractivity (Wildman–Crippen MR) is 161 cm³/mol. The van der Waals surface area contributed by atoms with Crippen molar-refractivity contribution >= 4 is 27.5 Å². The molecule has 7 nitrogen and oxygen atoms in total. The normalized spacial score (nSPS) is 11.2. The summed E-state index contributed by atoms with van der Waals surface area (Å²) in [5, 5.41) is 13.4. The number of hydrogen-bond acceptors (Lipinski definition) is 5. The van der Waals surface area contributed by atoms with Gasteiger partial charge in [-0.3, -0.25) is 20.1 Å². The van der Waals surface area contributed by atoms with Crippen LogP contribution in [0, 0.1) is 0 Å². The molecule has 40 heavy (non-hydrogen) atoms. The smallest absolute Gasteiger partial charge is 0.116 e. The van der Waals surface area contributed by atoms with Gasteiger partial charge in [-0.05, 0) is 53.1 Å². The molecule has 0 radical (unpaired) electrons. The summed E-state index contributed by atoms with van der Waals surface area (Å²) in [5.41, 5.74) is 10.9. The molecule has 3 N–H and O–H groups in total. The number of aromatic amines is 2. The number of rotatable bonds is 7. The van der Waals surface area contributed by atoms with Crippen LogP contribution in [0.1, 0.15) is 5.56 Å². The number of nitrogens with one attached hydrogen (secondary N) is 3. The highest BCUT2D eigenvalue weighted by Gasteiger charge is 2.15. The molecular formula is C33H25N7. The van der Waals surface area contributed by atoms with E-state index >= 15 is 0 Å². The summed E-state index contributed by atoms with van der Waals surface area (Å²) in [4.78, 5) is 16.6. The number of H-pyrrole nitrogens is 2. The second-order valence-electron chi connectivity index (χ2n) is 9.75. The molecule has 0 unspecified atom stereocenters. The highest BCUT2D eigenvalue weighted by molar-refractivity contribution is 6.01. The molecule has 0 fully saturated rings. The summed E-state index contributed by atoms with van der Waals surface area (Å²) in [5.74, 6) is 0. The lowest BCUT2D eigenvalue weighted by molar-refractivity contribution is 1.12. The van der Waals surface area contributed by atoms with Gasteiger partial charge in [0.2, 0.25) is 0 Å². The van der Waals surface area contributed by atoms with Crippen molar-refractivity contribution in [2.75, 3.05) is 5.32 Å². The Balaban J connectivity index is 1.21. The fourth-order valence-electron chi connectivity index (χ4n) is 5.10. The Bertz CT molecular complexity index is 1970. The third kappa shape index (κ3) is 4.50. The molecule has 5 aromatic heterocycles. The number of benzene rings is 2. The lowest BCUT2D eigenvalue weighted by atomic mass is 10.0. The molecule has 0 saturated carbocycles. The SMILES string of the molecule is C=C(Cc1ccccc1)Nc1cncc(-c2ccc3[nH]nc(-c4cc5c(-c6ccncc6)cncc5[nH]4)c3c2)c1. The second-order valence-corrected chi connectivity index (χ2v) is 9.75. The highest BCUT2D eigenvalue weighted by Crippen LogP contribution is 2.35. The summed E-state index contributed by atoms with van der Waals surface area (Å²) in [6, 6.07) is 24.8. The maximum absolute atomic E-state index is 4.67. The van der Waals surface area contributed by atoms with E-state index in [1.54, 1.807) is 12.4 Å². The number of fused-ring (bicyclic) bond motifs is 2. The van der Waals surface area contributed by atoms with Crippen molar-refractivity contribution in [2.24, 2.45) is 0 Å². The number of nitrogens with zero attached hydrogens (tertiary/aromatic N) is 4. The van der Waals surface area contributed by atoms with E-state index in [4.69, 9.17) is 0 Å². The quantitative estimate of drug-likeness (QED) is 0.204. The Morgan fingerprint density at radius 3 is 2.45 bits per heavy atom. The van der Waals surface area contributed by atoms with Crippen molar-refractivity contribution in [1.82, 2.24) is 30.1 Å². The first-order valence-electron chi connectivity index (χ1n) is 13.0. The Kier molecular flexibility index (Phi) is 5.86. The zero-order valence-corrected chi connectivity index (χ0v) is 21.6. The summed E-state index contributed by atoms with van der Waals surface area (Å²) in [7, 11) is 0. The van der Waals surface area contributed by atoms with Crippen molar-refractivity contribution in [3.05, 3.63) is 128 Å². The van der Waals surface area contributed by atoms with E-state index in [0.717, 1.165) is 73.3 Å². The van der Waals surface area contributed by atoms with E-state index in [1.165, 1.54) is 5.56 Å². The first-order chi connectivity index (χ1) is 19.7. The molecule has 0 amide bonds. The van der Waals surface area contributed by atoms with Crippen LogP contribution in [-0.4, -0.2) is 30.1 Å². The van der Waals surface area contributed by atoms with Gasteiger partial charge < -0.3 is 10.3 Å². The molecule has 2 aromatic carbocycles. The minimum absolute atomic E-state index is 0.748. The van der Waals surface area contributed by atoms with Crippen LogP contribution in [0.25, 0.3) is 55.4 Å². The summed E-state index contributed by atoms with van der Waals surface area (Å²) < 4.78 is 0. The van der Waals surface area contributed by atoms with Crippen LogP contribution in [0.4, 0.5) is 5.69 Å². The van der Waals surface area contributed by atoms with Gasteiger partial charge >= 0.3 is 0 Å². The van der Waals surface area contributed by atoms with Crippen LogP contribution in [-0.2, 0) is 6.42 Å². The zero-order chi connectivity index (χ0) is 26.9. The van der Waals surface area contributed by atoms with E-state index in [1.807, 2.05) is 55.1 Å². The van der Waals surface area contributed by atoms with Gasteiger partial charge in [-0.15, -0.1) is 0 Å². The Morgan fingerprint density at radius 2 is 1.57 bits per heavy atom. The maximum atomic E-state index is 4.67. The first kappa shape index (κ1) is 23.5. The summed E-state index contributed by atoms with van der Waals surface area (Å²) in [6.45, 7) is 4.21. The van der Waals surface area contributed by atoms with Crippen molar-refractivity contribution in [2.45, 2.75) is 6.42 Å². The molecule has 5 heterocycles. The molecule has 0 bridgehead atoms. The van der Waals surface area contributed by atoms with Gasteiger partial charge in [-0.1, -0.05) is 43.0 Å². The van der Waals surface area contributed by atoms with Gasteiger partial charge in [0.15, 0.2) is 0 Å². The summed E-state index contributed by atoms with van der Waals surface area (Å²) in [6.07, 6.45) is 11.8. The number of pyridine rings is 3. The van der Waals surface area contributed by atoms with Crippen LogP contribution in [0.3, 0.4) is 0 Å². The van der Waals surface area contributed by atoms with Crippen LogP contribution < -0.4 is 5.32 Å². The minimum Gasteiger partial charge on any atom is -0.358 e. The largest absolute Gasteiger partial charge is 0.358 e. The number of allylic oxidation sites excluding steroid dienone is 1. The third-order valence-electron chi connectivity index (χ3n) is 7.01. The molecule has 192 valence electrons. The van der Waals surface area contributed by atoms with Gasteiger partial charge in [-0.25, -0.2) is 0 Å². The molecule has 0 aliphatic heterocycles. The Morgan fingerprint density at radius 1 is 0.725 bits per heavy atom. The molecule has 0 aliphatic rings. The van der Waals surface area contributed by atoms with Gasteiger partial charge in [0.05, 0.1) is 34.8 Å². The van der Waals surface area contributed by atoms with Gasteiger partial charge in [0, 0.05) is 58.8 Å². The van der Waals surface area contributed by atoms with Crippen molar-refractivity contribution < 1.29 is 0 Å². The predicted octanol–water partition coefficient (Wildman–Crippen LogP) is 7.40. The standard InChI is InChI=1S/C33H25N7/c1-21(13-22-5-3-2-4-6-22)37-26-14-25(17-35-18-26)24-7-8-30-28(15-24)33(40-39-30)31-16-27-29(19-36-20-32(27)38-31)23-9-11-34-12-10-23/h2-12,14-20,37-38H,1,13H2,(H,39,40). The van der Waals surface area contributed by atoms with Crippen LogP contribution in [0.15, 0.2) is 122 Å². The lowest BCUT2D eigenvalue weighted by Gasteiger charge is -2.11. The maximum Gasteiger partial charge on any atom is 0.116 e. The molecule has 0 atom stereocenters. The minimum atomic E-state index is 0.748. The van der Waals surface area contributed by atoms with Crippen molar-refractivity contribution in [1.29, 1.82) is 0 Å². The molecular weight excluding hydrogens is 494 g/mol. The Labute approximate surface area is 230 Å².